The molecule has 0 aromatic heterocycles. The average Bonchev–Trinajstić information content (AvgIpc) is 2.69. The Balaban J connectivity index is 2.31. The molecule has 1 fully saturated rings. The molecule has 0 bridgehead atoms. The lowest BCUT2D eigenvalue weighted by molar-refractivity contribution is 0.657. The predicted molar refractivity (Wildman–Crippen MR) is 63.2 cm³/mol. The van der Waals surface area contributed by atoms with Gasteiger partial charge in [0.25, 0.3) is 0 Å². The summed E-state index contributed by atoms with van der Waals surface area (Å²) in [7, 11) is 1.73. The van der Waals surface area contributed by atoms with Crippen LogP contribution in [0.1, 0.15) is 31.2 Å². The minimum absolute atomic E-state index is 0.310. The lowest BCUT2D eigenvalue weighted by atomic mass is 9.97. The second-order valence-electron chi connectivity index (χ2n) is 3.66. The molecule has 0 N–H and O–H groups in total. The van der Waals surface area contributed by atoms with Gasteiger partial charge in [-0.05, 0) is 18.4 Å². The van der Waals surface area contributed by atoms with Gasteiger partial charge in [0.1, 0.15) is 0 Å². The molecule has 1 aliphatic carbocycles. The van der Waals surface area contributed by atoms with Crippen molar-refractivity contribution in [1.29, 1.82) is 0 Å². The van der Waals surface area contributed by atoms with Gasteiger partial charge in [-0.25, -0.2) is 0 Å². The van der Waals surface area contributed by atoms with Gasteiger partial charge in [-0.3, -0.25) is 0 Å². The maximum Gasteiger partial charge on any atom is 0.0509 e. The Morgan fingerprint density at radius 3 is 2.23 bits per heavy atom. The van der Waals surface area contributed by atoms with Gasteiger partial charge in [0.2, 0.25) is 0 Å². The van der Waals surface area contributed by atoms with Gasteiger partial charge in [0.05, 0.1) is 4.75 Å². The van der Waals surface area contributed by atoms with E-state index in [0.29, 0.717) is 4.75 Å². The summed E-state index contributed by atoms with van der Waals surface area (Å²) >= 11 is 4.43. The standard InChI is InChI=1S/C11H14S2/c12-13-11(8-4-5-9-11)10-6-2-1-3-7-10/h1-3,6-7,12H,4-5,8-9H2. The van der Waals surface area contributed by atoms with Crippen LogP contribution in [-0.2, 0) is 4.75 Å². The average molecular weight is 210 g/mol. The van der Waals surface area contributed by atoms with Gasteiger partial charge >= 0.3 is 0 Å². The molecule has 0 amide bonds. The van der Waals surface area contributed by atoms with Crippen LogP contribution in [0.2, 0.25) is 0 Å². The summed E-state index contributed by atoms with van der Waals surface area (Å²) < 4.78 is 0.310. The summed E-state index contributed by atoms with van der Waals surface area (Å²) in [5, 5.41) is 0. The van der Waals surface area contributed by atoms with E-state index in [1.54, 1.807) is 10.8 Å². The highest BCUT2D eigenvalue weighted by Crippen LogP contribution is 2.50. The molecule has 1 aromatic rings. The Hall–Kier alpha value is -0.0800. The monoisotopic (exact) mass is 210 g/mol. The van der Waals surface area contributed by atoms with E-state index < -0.39 is 0 Å². The Labute approximate surface area is 88.9 Å². The highest BCUT2D eigenvalue weighted by molar-refractivity contribution is 8.69. The third-order valence-electron chi connectivity index (χ3n) is 2.89. The SMILES string of the molecule is SSC1(c2ccccc2)CCCC1. The topological polar surface area (TPSA) is 0 Å². The van der Waals surface area contributed by atoms with Crippen LogP contribution in [0, 0.1) is 0 Å². The van der Waals surface area contributed by atoms with Crippen molar-refractivity contribution in [2.45, 2.75) is 30.4 Å². The summed E-state index contributed by atoms with van der Waals surface area (Å²) in [5.41, 5.74) is 1.45. The van der Waals surface area contributed by atoms with Crippen LogP contribution in [0.15, 0.2) is 30.3 Å². The van der Waals surface area contributed by atoms with Crippen molar-refractivity contribution in [2.75, 3.05) is 0 Å². The molecule has 2 rings (SSSR count). The van der Waals surface area contributed by atoms with E-state index in [0.717, 1.165) is 0 Å². The van der Waals surface area contributed by atoms with E-state index in [1.165, 1.54) is 31.2 Å². The quantitative estimate of drug-likeness (QED) is 0.568. The molecule has 0 unspecified atom stereocenters. The molecule has 0 nitrogen and oxygen atoms in total. The summed E-state index contributed by atoms with van der Waals surface area (Å²) in [6.07, 6.45) is 5.27. The minimum atomic E-state index is 0.310. The Kier molecular flexibility index (Phi) is 2.89. The van der Waals surface area contributed by atoms with Gasteiger partial charge in [0.15, 0.2) is 0 Å². The van der Waals surface area contributed by atoms with Gasteiger partial charge in [-0.15, -0.1) is 11.7 Å². The zero-order valence-electron chi connectivity index (χ0n) is 7.57. The van der Waals surface area contributed by atoms with Crippen LogP contribution >= 0.6 is 22.5 Å². The smallest absolute Gasteiger partial charge is 0.0509 e. The van der Waals surface area contributed by atoms with Gasteiger partial charge < -0.3 is 0 Å². The van der Waals surface area contributed by atoms with E-state index in [1.807, 2.05) is 0 Å². The predicted octanol–water partition coefficient (Wildman–Crippen LogP) is 4.03. The summed E-state index contributed by atoms with van der Waals surface area (Å²) in [6, 6.07) is 10.8. The molecule has 1 aromatic carbocycles. The molecule has 1 aliphatic rings. The van der Waals surface area contributed by atoms with E-state index in [9.17, 15) is 0 Å². The third-order valence-corrected chi connectivity index (χ3v) is 4.93. The molecule has 1 saturated carbocycles. The van der Waals surface area contributed by atoms with Crippen molar-refractivity contribution in [2.24, 2.45) is 0 Å². The molecule has 2 heteroatoms. The van der Waals surface area contributed by atoms with E-state index in [-0.39, 0.29) is 0 Å². The second kappa shape index (κ2) is 3.97. The lowest BCUT2D eigenvalue weighted by Crippen LogP contribution is -2.14. The second-order valence-corrected chi connectivity index (χ2v) is 5.17. The fourth-order valence-electron chi connectivity index (χ4n) is 2.12. The lowest BCUT2D eigenvalue weighted by Gasteiger charge is -2.26. The first-order valence-corrected chi connectivity index (χ1v) is 6.62. The van der Waals surface area contributed by atoms with Crippen LogP contribution in [0.5, 0.6) is 0 Å². The molecule has 13 heavy (non-hydrogen) atoms. The molecule has 0 heterocycles. The highest BCUT2D eigenvalue weighted by Gasteiger charge is 2.34. The summed E-state index contributed by atoms with van der Waals surface area (Å²) in [5.74, 6) is 0. The number of hydrogen-bond acceptors (Lipinski definition) is 2. The van der Waals surface area contributed by atoms with E-state index in [2.05, 4.69) is 42.0 Å². The fourth-order valence-corrected chi connectivity index (χ4v) is 3.70. The van der Waals surface area contributed by atoms with Crippen molar-refractivity contribution in [3.05, 3.63) is 35.9 Å². The molecule has 0 radical (unpaired) electrons. The van der Waals surface area contributed by atoms with Crippen LogP contribution in [0.25, 0.3) is 0 Å². The van der Waals surface area contributed by atoms with Crippen molar-refractivity contribution < 1.29 is 0 Å². The molecule has 0 spiro atoms. The van der Waals surface area contributed by atoms with E-state index in [4.69, 9.17) is 0 Å². The van der Waals surface area contributed by atoms with Crippen molar-refractivity contribution in [1.82, 2.24) is 0 Å². The zero-order chi connectivity index (χ0) is 9.15. The highest BCUT2D eigenvalue weighted by atomic mass is 33.1. The van der Waals surface area contributed by atoms with Crippen molar-refractivity contribution >= 4 is 22.5 Å². The van der Waals surface area contributed by atoms with Crippen molar-refractivity contribution in [3.63, 3.8) is 0 Å². The van der Waals surface area contributed by atoms with Crippen LogP contribution < -0.4 is 0 Å². The molecular formula is C11H14S2. The Morgan fingerprint density at radius 1 is 1.08 bits per heavy atom. The Morgan fingerprint density at radius 2 is 1.69 bits per heavy atom. The van der Waals surface area contributed by atoms with Crippen molar-refractivity contribution in [3.8, 4) is 0 Å². The zero-order valence-corrected chi connectivity index (χ0v) is 9.28. The van der Waals surface area contributed by atoms with E-state index >= 15 is 0 Å². The van der Waals surface area contributed by atoms with Crippen LogP contribution in [-0.4, -0.2) is 0 Å². The number of benzene rings is 1. The van der Waals surface area contributed by atoms with Crippen LogP contribution in [0.3, 0.4) is 0 Å². The first-order chi connectivity index (χ1) is 6.37. The van der Waals surface area contributed by atoms with Gasteiger partial charge in [-0.2, -0.15) is 0 Å². The molecule has 0 atom stereocenters. The maximum absolute atomic E-state index is 4.43. The maximum atomic E-state index is 4.43. The molecular weight excluding hydrogens is 196 g/mol. The van der Waals surface area contributed by atoms with Gasteiger partial charge in [-0.1, -0.05) is 54.0 Å². The number of thiol groups is 1. The summed E-state index contributed by atoms with van der Waals surface area (Å²) in [4.78, 5) is 0. The fraction of sp³-hybridized carbons (Fsp3) is 0.455. The first kappa shape index (κ1) is 9.47. The summed E-state index contributed by atoms with van der Waals surface area (Å²) in [6.45, 7) is 0. The number of hydrogen-bond donors (Lipinski definition) is 1. The molecule has 0 aliphatic heterocycles. The van der Waals surface area contributed by atoms with Crippen LogP contribution in [0.4, 0.5) is 0 Å². The molecule has 70 valence electrons. The minimum Gasteiger partial charge on any atom is -0.110 e. The van der Waals surface area contributed by atoms with Gasteiger partial charge in [0, 0.05) is 0 Å². The first-order valence-electron chi connectivity index (χ1n) is 4.75. The largest absolute Gasteiger partial charge is 0.110 e. The number of rotatable bonds is 2. The Bertz CT molecular complexity index is 263. The third kappa shape index (κ3) is 1.75. The normalized spacial score (nSPS) is 20.4. The molecule has 0 saturated heterocycles.